The third-order valence-electron chi connectivity index (χ3n) is 2.16. The van der Waals surface area contributed by atoms with Gasteiger partial charge >= 0.3 is 10.3 Å². The first-order valence-corrected chi connectivity index (χ1v) is 7.03. The summed E-state index contributed by atoms with van der Waals surface area (Å²) < 4.78 is 35.6. The van der Waals surface area contributed by atoms with Crippen LogP contribution in [-0.4, -0.2) is 32.6 Å². The van der Waals surface area contributed by atoms with Crippen LogP contribution >= 0.6 is 0 Å². The van der Waals surface area contributed by atoms with Crippen LogP contribution in [0.2, 0.25) is 0 Å². The Bertz CT molecular complexity index is 567. The first-order valence-electron chi connectivity index (χ1n) is 5.62. The van der Waals surface area contributed by atoms with Crippen LogP contribution in [0.4, 0.5) is 5.69 Å². The standard InChI is InChI=1S/C11H16N2O6S/c1-11(2,8-18-3)12-20(16,17)19-10-6-4-9(5-7-10)13(14)15/h4-7,12H,8H2,1-3H3. The fourth-order valence-electron chi connectivity index (χ4n) is 1.50. The molecule has 0 aliphatic rings. The second-order valence-corrected chi connectivity index (χ2v) is 5.99. The van der Waals surface area contributed by atoms with Gasteiger partial charge in [0.1, 0.15) is 5.75 Å². The Morgan fingerprint density at radius 3 is 2.30 bits per heavy atom. The molecule has 1 aromatic carbocycles. The van der Waals surface area contributed by atoms with Crippen molar-refractivity contribution in [2.75, 3.05) is 13.7 Å². The van der Waals surface area contributed by atoms with Crippen LogP contribution in [0.15, 0.2) is 24.3 Å². The van der Waals surface area contributed by atoms with E-state index in [0.717, 1.165) is 12.1 Å². The number of nitrogens with one attached hydrogen (secondary N) is 1. The zero-order chi connectivity index (χ0) is 15.4. The molecular weight excluding hydrogens is 288 g/mol. The third kappa shape index (κ3) is 5.11. The number of hydrogen-bond donors (Lipinski definition) is 1. The highest BCUT2D eigenvalue weighted by atomic mass is 32.2. The van der Waals surface area contributed by atoms with Crippen LogP contribution in [0, 0.1) is 10.1 Å². The van der Waals surface area contributed by atoms with Gasteiger partial charge in [0.05, 0.1) is 17.1 Å². The average molecular weight is 304 g/mol. The molecule has 0 saturated carbocycles. The first-order chi connectivity index (χ1) is 9.15. The van der Waals surface area contributed by atoms with E-state index in [-0.39, 0.29) is 18.0 Å². The lowest BCUT2D eigenvalue weighted by Gasteiger charge is -2.24. The molecule has 112 valence electrons. The molecule has 0 radical (unpaired) electrons. The molecule has 1 aromatic rings. The summed E-state index contributed by atoms with van der Waals surface area (Å²) in [4.78, 5) is 9.89. The van der Waals surface area contributed by atoms with Gasteiger partial charge in [-0.15, -0.1) is 0 Å². The minimum atomic E-state index is -4.05. The minimum Gasteiger partial charge on any atom is -0.383 e. The third-order valence-corrected chi connectivity index (χ3v) is 3.37. The first kappa shape index (κ1) is 16.3. The Labute approximate surface area is 117 Å². The fourth-order valence-corrected chi connectivity index (χ4v) is 2.64. The van der Waals surface area contributed by atoms with Gasteiger partial charge < -0.3 is 8.92 Å². The molecule has 0 saturated heterocycles. The van der Waals surface area contributed by atoms with E-state index in [2.05, 4.69) is 4.72 Å². The van der Waals surface area contributed by atoms with Crippen LogP contribution in [0.1, 0.15) is 13.8 Å². The SMILES string of the molecule is COCC(C)(C)NS(=O)(=O)Oc1ccc([N+](=O)[O-])cc1. The molecule has 0 amide bonds. The van der Waals surface area contributed by atoms with Crippen LogP contribution in [0.3, 0.4) is 0 Å². The summed E-state index contributed by atoms with van der Waals surface area (Å²) in [6, 6.07) is 4.73. The average Bonchev–Trinajstić information content (AvgIpc) is 2.26. The summed E-state index contributed by atoms with van der Waals surface area (Å²) in [5.74, 6) is -0.0173. The molecule has 0 aliphatic heterocycles. The topological polar surface area (TPSA) is 108 Å². The van der Waals surface area contributed by atoms with E-state index in [1.54, 1.807) is 13.8 Å². The minimum absolute atomic E-state index is 0.0173. The van der Waals surface area contributed by atoms with Gasteiger partial charge in [-0.25, -0.2) is 0 Å². The van der Waals surface area contributed by atoms with Crippen molar-refractivity contribution < 1.29 is 22.3 Å². The van der Waals surface area contributed by atoms with E-state index >= 15 is 0 Å². The molecule has 0 atom stereocenters. The normalized spacial score (nSPS) is 12.2. The Balaban J connectivity index is 2.78. The van der Waals surface area contributed by atoms with Gasteiger partial charge in [-0.3, -0.25) is 10.1 Å². The maximum absolute atomic E-state index is 11.8. The lowest BCUT2D eigenvalue weighted by Crippen LogP contribution is -2.48. The maximum Gasteiger partial charge on any atom is 0.383 e. The quantitative estimate of drug-likeness (QED) is 0.599. The van der Waals surface area contributed by atoms with E-state index in [4.69, 9.17) is 8.92 Å². The van der Waals surface area contributed by atoms with E-state index in [9.17, 15) is 18.5 Å². The fraction of sp³-hybridized carbons (Fsp3) is 0.455. The van der Waals surface area contributed by atoms with E-state index in [0.29, 0.717) is 0 Å². The molecule has 1 N–H and O–H groups in total. The van der Waals surface area contributed by atoms with Crippen molar-refractivity contribution in [3.05, 3.63) is 34.4 Å². The molecule has 0 aromatic heterocycles. The lowest BCUT2D eigenvalue weighted by molar-refractivity contribution is -0.384. The van der Waals surface area contributed by atoms with Crippen LogP contribution in [0.25, 0.3) is 0 Å². The van der Waals surface area contributed by atoms with Crippen LogP contribution in [0.5, 0.6) is 5.75 Å². The molecule has 9 heteroatoms. The van der Waals surface area contributed by atoms with E-state index in [1.807, 2.05) is 0 Å². The summed E-state index contributed by atoms with van der Waals surface area (Å²) in [6.45, 7) is 3.43. The maximum atomic E-state index is 11.8. The van der Waals surface area contributed by atoms with Gasteiger partial charge in [-0.1, -0.05) is 0 Å². The molecule has 20 heavy (non-hydrogen) atoms. The monoisotopic (exact) mass is 304 g/mol. The molecule has 0 fully saturated rings. The Kier molecular flexibility index (Phi) is 5.03. The van der Waals surface area contributed by atoms with Crippen molar-refractivity contribution in [3.63, 3.8) is 0 Å². The van der Waals surface area contributed by atoms with Crippen LogP contribution in [-0.2, 0) is 15.0 Å². The predicted octanol–water partition coefficient (Wildman–Crippen LogP) is 1.23. The zero-order valence-electron chi connectivity index (χ0n) is 11.3. The second-order valence-electron chi connectivity index (χ2n) is 4.71. The molecule has 0 spiro atoms. The molecule has 0 unspecified atom stereocenters. The molecule has 8 nitrogen and oxygen atoms in total. The van der Waals surface area contributed by atoms with Gasteiger partial charge in [-0.05, 0) is 26.0 Å². The highest BCUT2D eigenvalue weighted by Gasteiger charge is 2.26. The molecule has 0 aliphatic carbocycles. The highest BCUT2D eigenvalue weighted by molar-refractivity contribution is 7.85. The van der Waals surface area contributed by atoms with Crippen molar-refractivity contribution in [2.45, 2.75) is 19.4 Å². The van der Waals surface area contributed by atoms with Gasteiger partial charge in [0, 0.05) is 19.2 Å². The molecular formula is C11H16N2O6S. The van der Waals surface area contributed by atoms with Crippen molar-refractivity contribution in [3.8, 4) is 5.75 Å². The van der Waals surface area contributed by atoms with Crippen molar-refractivity contribution in [2.24, 2.45) is 0 Å². The number of nitro benzene ring substituents is 1. The Hall–Kier alpha value is -1.71. The lowest BCUT2D eigenvalue weighted by atomic mass is 10.1. The molecule has 0 bridgehead atoms. The van der Waals surface area contributed by atoms with Crippen molar-refractivity contribution in [1.82, 2.24) is 4.72 Å². The summed E-state index contributed by atoms with van der Waals surface area (Å²) >= 11 is 0. The number of hydrogen-bond acceptors (Lipinski definition) is 6. The van der Waals surface area contributed by atoms with E-state index in [1.165, 1.54) is 19.2 Å². The molecule has 0 heterocycles. The van der Waals surface area contributed by atoms with Gasteiger partial charge in [0.25, 0.3) is 5.69 Å². The number of benzene rings is 1. The number of ether oxygens (including phenoxy) is 1. The molecule has 1 rings (SSSR count). The van der Waals surface area contributed by atoms with Gasteiger partial charge in [-0.2, -0.15) is 13.1 Å². The number of nitrogens with zero attached hydrogens (tertiary/aromatic N) is 1. The van der Waals surface area contributed by atoms with Crippen molar-refractivity contribution in [1.29, 1.82) is 0 Å². The highest BCUT2D eigenvalue weighted by Crippen LogP contribution is 2.19. The largest absolute Gasteiger partial charge is 0.383 e. The van der Waals surface area contributed by atoms with Crippen molar-refractivity contribution >= 4 is 16.0 Å². The number of nitro groups is 1. The Morgan fingerprint density at radius 2 is 1.85 bits per heavy atom. The summed E-state index contributed by atoms with van der Waals surface area (Å²) in [6.07, 6.45) is 0. The number of methoxy groups -OCH3 is 1. The number of rotatable bonds is 7. The summed E-state index contributed by atoms with van der Waals surface area (Å²) in [5.41, 5.74) is -0.989. The van der Waals surface area contributed by atoms with E-state index < -0.39 is 20.8 Å². The summed E-state index contributed by atoms with van der Waals surface area (Å²) in [5, 5.41) is 10.5. The predicted molar refractivity (Wildman–Crippen MR) is 71.7 cm³/mol. The van der Waals surface area contributed by atoms with Gasteiger partial charge in [0.15, 0.2) is 0 Å². The number of non-ortho nitro benzene ring substituents is 1. The van der Waals surface area contributed by atoms with Gasteiger partial charge in [0.2, 0.25) is 0 Å². The smallest absolute Gasteiger partial charge is 0.383 e. The zero-order valence-corrected chi connectivity index (χ0v) is 12.1. The second kappa shape index (κ2) is 6.16. The summed E-state index contributed by atoms with van der Waals surface area (Å²) in [7, 11) is -2.60. The van der Waals surface area contributed by atoms with Crippen LogP contribution < -0.4 is 8.91 Å². The Morgan fingerprint density at radius 1 is 1.30 bits per heavy atom.